The molecule has 0 saturated heterocycles. The van der Waals surface area contributed by atoms with Crippen molar-refractivity contribution in [1.29, 1.82) is 0 Å². The molecule has 0 aromatic heterocycles. The highest BCUT2D eigenvalue weighted by Gasteiger charge is 2.52. The first-order valence-corrected chi connectivity index (χ1v) is 7.27. The highest BCUT2D eigenvalue weighted by molar-refractivity contribution is 5.86. The predicted octanol–water partition coefficient (Wildman–Crippen LogP) is 2.72. The van der Waals surface area contributed by atoms with Crippen LogP contribution in [0.3, 0.4) is 0 Å². The zero-order chi connectivity index (χ0) is 13.4. The molecule has 5 atom stereocenters. The van der Waals surface area contributed by atoms with Gasteiger partial charge in [-0.3, -0.25) is 0 Å². The topological polar surface area (TPSA) is 35.5 Å². The van der Waals surface area contributed by atoms with Gasteiger partial charge in [0, 0.05) is 5.57 Å². The molecule has 0 spiro atoms. The lowest BCUT2D eigenvalue weighted by Gasteiger charge is -2.31. The van der Waals surface area contributed by atoms with Crippen molar-refractivity contribution in [3.8, 4) is 0 Å². The molecule has 0 aromatic rings. The third kappa shape index (κ3) is 2.36. The number of carbonyl (C=O) groups excluding carboxylic acids is 1. The highest BCUT2D eigenvalue weighted by Crippen LogP contribution is 2.57. The Hall–Kier alpha value is -1.09. The van der Waals surface area contributed by atoms with E-state index in [-0.39, 0.29) is 5.97 Å². The van der Waals surface area contributed by atoms with Gasteiger partial charge < -0.3 is 9.47 Å². The van der Waals surface area contributed by atoms with Gasteiger partial charge >= 0.3 is 5.97 Å². The lowest BCUT2D eigenvalue weighted by molar-refractivity contribution is -0.141. The van der Waals surface area contributed by atoms with Crippen LogP contribution in [0.15, 0.2) is 24.3 Å². The minimum atomic E-state index is -0.323. The van der Waals surface area contributed by atoms with E-state index >= 15 is 0 Å². The van der Waals surface area contributed by atoms with Crippen LogP contribution >= 0.6 is 0 Å². The smallest absolute Gasteiger partial charge is 0.333 e. The number of carbonyl (C=O) groups is 1. The first-order valence-electron chi connectivity index (χ1n) is 7.27. The molecule has 3 aliphatic rings. The van der Waals surface area contributed by atoms with E-state index in [9.17, 15) is 4.79 Å². The van der Waals surface area contributed by atoms with E-state index in [1.165, 1.54) is 19.3 Å². The maximum Gasteiger partial charge on any atom is 0.333 e. The van der Waals surface area contributed by atoms with Gasteiger partial charge in [-0.25, -0.2) is 4.79 Å². The van der Waals surface area contributed by atoms with Gasteiger partial charge in [-0.15, -0.1) is 0 Å². The summed E-state index contributed by atoms with van der Waals surface area (Å²) in [6.45, 7) is 6.07. The van der Waals surface area contributed by atoms with Crippen molar-refractivity contribution < 1.29 is 14.3 Å². The normalized spacial score (nSPS) is 38.5. The Morgan fingerprint density at radius 1 is 1.32 bits per heavy atom. The van der Waals surface area contributed by atoms with Crippen LogP contribution in [0, 0.1) is 23.7 Å². The van der Waals surface area contributed by atoms with Crippen LogP contribution in [0.2, 0.25) is 0 Å². The zero-order valence-corrected chi connectivity index (χ0v) is 11.5. The maximum atomic E-state index is 11.2. The largest absolute Gasteiger partial charge is 0.460 e. The van der Waals surface area contributed by atoms with Crippen molar-refractivity contribution in [1.82, 2.24) is 0 Å². The van der Waals surface area contributed by atoms with Gasteiger partial charge in [-0.1, -0.05) is 18.7 Å². The molecular weight excluding hydrogens is 240 g/mol. The van der Waals surface area contributed by atoms with Crippen molar-refractivity contribution in [2.45, 2.75) is 32.3 Å². The second-order valence-electron chi connectivity index (χ2n) is 6.13. The molecule has 0 radical (unpaired) electrons. The maximum absolute atomic E-state index is 11.2. The van der Waals surface area contributed by atoms with Crippen LogP contribution in [0.25, 0.3) is 0 Å². The fourth-order valence-electron chi connectivity index (χ4n) is 4.14. The summed E-state index contributed by atoms with van der Waals surface area (Å²) in [7, 11) is 0. The summed E-state index contributed by atoms with van der Waals surface area (Å²) >= 11 is 0. The van der Waals surface area contributed by atoms with Gasteiger partial charge in [0.05, 0.1) is 12.7 Å². The van der Waals surface area contributed by atoms with Crippen LogP contribution in [0.1, 0.15) is 26.2 Å². The minimum Gasteiger partial charge on any atom is -0.460 e. The molecule has 0 unspecified atom stereocenters. The molecule has 19 heavy (non-hydrogen) atoms. The van der Waals surface area contributed by atoms with Gasteiger partial charge in [0.1, 0.15) is 6.61 Å². The van der Waals surface area contributed by atoms with Crippen LogP contribution in [-0.4, -0.2) is 25.3 Å². The first kappa shape index (κ1) is 12.9. The number of ether oxygens (including phenoxy) is 2. The molecular formula is C16H22O3. The molecule has 0 heterocycles. The van der Waals surface area contributed by atoms with Crippen LogP contribution in [0.4, 0.5) is 0 Å². The third-order valence-corrected chi connectivity index (χ3v) is 4.94. The molecule has 2 saturated carbocycles. The average molecular weight is 262 g/mol. The summed E-state index contributed by atoms with van der Waals surface area (Å²) in [5.74, 6) is 2.88. The molecule has 3 aliphatic carbocycles. The van der Waals surface area contributed by atoms with E-state index in [0.717, 1.165) is 23.7 Å². The van der Waals surface area contributed by atoms with Crippen molar-refractivity contribution in [3.05, 3.63) is 24.3 Å². The lowest BCUT2D eigenvalue weighted by atomic mass is 9.80. The summed E-state index contributed by atoms with van der Waals surface area (Å²) in [6.07, 6.45) is 8.89. The molecule has 2 fully saturated rings. The molecule has 3 heteroatoms. The quantitative estimate of drug-likeness (QED) is 0.331. The molecule has 0 N–H and O–H groups in total. The zero-order valence-electron chi connectivity index (χ0n) is 11.5. The van der Waals surface area contributed by atoms with Crippen molar-refractivity contribution in [2.75, 3.05) is 13.2 Å². The number of fused-ring (bicyclic) bond motifs is 5. The second kappa shape index (κ2) is 5.12. The van der Waals surface area contributed by atoms with Gasteiger partial charge in [0.2, 0.25) is 0 Å². The molecule has 3 rings (SSSR count). The SMILES string of the molecule is C=C(C)C(=O)OCCO[C@@H]1C[C@H]2C[C@H]1[C@H]1CC=C[C@H]21. The number of hydrogen-bond acceptors (Lipinski definition) is 3. The monoisotopic (exact) mass is 262 g/mol. The van der Waals surface area contributed by atoms with Crippen LogP contribution in [0.5, 0.6) is 0 Å². The molecule has 104 valence electrons. The third-order valence-electron chi connectivity index (χ3n) is 4.94. The van der Waals surface area contributed by atoms with E-state index in [1.54, 1.807) is 6.92 Å². The Labute approximate surface area is 114 Å². The molecule has 0 aromatic carbocycles. The van der Waals surface area contributed by atoms with Gasteiger partial charge in [-0.05, 0) is 49.9 Å². The number of hydrogen-bond donors (Lipinski definition) is 0. The Morgan fingerprint density at radius 3 is 2.95 bits per heavy atom. The van der Waals surface area contributed by atoms with Crippen molar-refractivity contribution >= 4 is 5.97 Å². The fourth-order valence-corrected chi connectivity index (χ4v) is 4.14. The Balaban J connectivity index is 1.41. The first-order chi connectivity index (χ1) is 9.16. The molecule has 2 bridgehead atoms. The van der Waals surface area contributed by atoms with E-state index in [4.69, 9.17) is 9.47 Å². The summed E-state index contributed by atoms with van der Waals surface area (Å²) in [5.41, 5.74) is 0.444. The molecule has 0 amide bonds. The number of esters is 1. The van der Waals surface area contributed by atoms with Crippen molar-refractivity contribution in [3.63, 3.8) is 0 Å². The average Bonchev–Trinajstić information content (AvgIpc) is 3.05. The number of rotatable bonds is 5. The van der Waals surface area contributed by atoms with E-state index < -0.39 is 0 Å². The van der Waals surface area contributed by atoms with Gasteiger partial charge in [0.25, 0.3) is 0 Å². The van der Waals surface area contributed by atoms with Crippen molar-refractivity contribution in [2.24, 2.45) is 23.7 Å². The van der Waals surface area contributed by atoms with Crippen LogP contribution < -0.4 is 0 Å². The van der Waals surface area contributed by atoms with E-state index in [1.807, 2.05) is 0 Å². The van der Waals surface area contributed by atoms with Crippen LogP contribution in [-0.2, 0) is 14.3 Å². The fraction of sp³-hybridized carbons (Fsp3) is 0.688. The summed E-state index contributed by atoms with van der Waals surface area (Å²) in [4.78, 5) is 11.2. The summed E-state index contributed by atoms with van der Waals surface area (Å²) in [5, 5.41) is 0. The minimum absolute atomic E-state index is 0.323. The van der Waals surface area contributed by atoms with Gasteiger partial charge in [-0.2, -0.15) is 0 Å². The van der Waals surface area contributed by atoms with E-state index in [2.05, 4.69) is 18.7 Å². The number of allylic oxidation sites excluding steroid dienone is 2. The molecule has 0 aliphatic heterocycles. The lowest BCUT2D eigenvalue weighted by Crippen LogP contribution is -2.31. The second-order valence-corrected chi connectivity index (χ2v) is 6.13. The predicted molar refractivity (Wildman–Crippen MR) is 72.5 cm³/mol. The Bertz CT molecular complexity index is 412. The summed E-state index contributed by atoms with van der Waals surface area (Å²) < 4.78 is 11.0. The summed E-state index contributed by atoms with van der Waals surface area (Å²) in [6, 6.07) is 0. The Kier molecular flexibility index (Phi) is 3.48. The van der Waals surface area contributed by atoms with E-state index in [0.29, 0.717) is 24.9 Å². The van der Waals surface area contributed by atoms with Gasteiger partial charge in [0.15, 0.2) is 0 Å². The highest BCUT2D eigenvalue weighted by atomic mass is 16.6. The Morgan fingerprint density at radius 2 is 2.16 bits per heavy atom. The standard InChI is InChI=1S/C16H22O3/c1-10(2)16(17)19-7-6-18-15-9-11-8-14(15)13-5-3-4-12(11)13/h3-4,11-15H,1,5-9H2,2H3/t11-,12-,13+,14+,15-/m1/s1. The molecule has 3 nitrogen and oxygen atoms in total.